The highest BCUT2D eigenvalue weighted by atomic mass is 17.1. The Labute approximate surface area is 83.9 Å². The molecule has 78 valence electrons. The largest absolute Gasteiger partial charge is 0.508 e. The number of phenolic OH excluding ortho intramolecular Hbond substituents is 1. The van der Waals surface area contributed by atoms with Crippen LogP contribution < -0.4 is 0 Å². The third-order valence-corrected chi connectivity index (χ3v) is 2.10. The average Bonchev–Trinajstić information content (AvgIpc) is 2.07. The maximum Gasteiger partial charge on any atom is 0.119 e. The fraction of sp³-hybridized carbons (Fsp3) is 0.455. The lowest BCUT2D eigenvalue weighted by Gasteiger charge is -2.21. The molecule has 3 nitrogen and oxygen atoms in total. The second-order valence-electron chi connectivity index (χ2n) is 4.37. The Bertz CT molecular complexity index is 313. The van der Waals surface area contributed by atoms with Crippen LogP contribution in [0.5, 0.6) is 5.75 Å². The van der Waals surface area contributed by atoms with Gasteiger partial charge >= 0.3 is 0 Å². The average molecular weight is 196 g/mol. The van der Waals surface area contributed by atoms with E-state index < -0.39 is 0 Å². The van der Waals surface area contributed by atoms with Gasteiger partial charge < -0.3 is 5.11 Å². The molecular formula is C11H16O3. The van der Waals surface area contributed by atoms with E-state index in [1.165, 1.54) is 0 Å². The molecule has 0 fully saturated rings. The van der Waals surface area contributed by atoms with E-state index in [4.69, 9.17) is 5.26 Å². The summed E-state index contributed by atoms with van der Waals surface area (Å²) in [4.78, 5) is 4.05. The van der Waals surface area contributed by atoms with Crippen molar-refractivity contribution in [1.29, 1.82) is 0 Å². The molecule has 0 aliphatic heterocycles. The molecule has 0 heterocycles. The molecule has 0 spiro atoms. The van der Waals surface area contributed by atoms with E-state index in [-0.39, 0.29) is 17.8 Å². The van der Waals surface area contributed by atoms with Crippen LogP contribution in [0.25, 0.3) is 0 Å². The van der Waals surface area contributed by atoms with E-state index in [1.807, 2.05) is 26.8 Å². The number of benzene rings is 1. The molecule has 1 rings (SSSR count). The molecule has 3 heteroatoms. The Balaban J connectivity index is 3.09. The maximum atomic E-state index is 9.64. The topological polar surface area (TPSA) is 49.7 Å². The first-order chi connectivity index (χ1) is 6.45. The van der Waals surface area contributed by atoms with Crippen LogP contribution in [-0.4, -0.2) is 10.4 Å². The van der Waals surface area contributed by atoms with Crippen molar-refractivity contribution in [3.05, 3.63) is 29.3 Å². The van der Waals surface area contributed by atoms with Gasteiger partial charge in [-0.2, -0.15) is 0 Å². The Morgan fingerprint density at radius 2 is 1.93 bits per heavy atom. The lowest BCUT2D eigenvalue weighted by Crippen LogP contribution is -2.11. The van der Waals surface area contributed by atoms with Crippen LogP contribution in [-0.2, 0) is 16.9 Å². The minimum absolute atomic E-state index is 0.116. The number of hydrogen-bond donors (Lipinski definition) is 2. The fourth-order valence-corrected chi connectivity index (χ4v) is 1.35. The van der Waals surface area contributed by atoms with Crippen LogP contribution in [0.4, 0.5) is 0 Å². The Hall–Kier alpha value is -1.06. The SMILES string of the molecule is CC(C)(C)c1cc(COO)ccc1O. The molecule has 14 heavy (non-hydrogen) atoms. The predicted octanol–water partition coefficient (Wildman–Crippen LogP) is 2.68. The summed E-state index contributed by atoms with van der Waals surface area (Å²) in [7, 11) is 0. The van der Waals surface area contributed by atoms with Gasteiger partial charge in [-0.05, 0) is 28.7 Å². The van der Waals surface area contributed by atoms with Gasteiger partial charge in [0.05, 0.1) is 0 Å². The van der Waals surface area contributed by atoms with Crippen molar-refractivity contribution in [2.45, 2.75) is 32.8 Å². The van der Waals surface area contributed by atoms with Crippen LogP contribution in [0.2, 0.25) is 0 Å². The molecule has 0 aromatic heterocycles. The normalized spacial score (nSPS) is 11.7. The highest BCUT2D eigenvalue weighted by Gasteiger charge is 2.18. The number of phenols is 1. The molecule has 0 radical (unpaired) electrons. The second-order valence-corrected chi connectivity index (χ2v) is 4.37. The molecule has 0 saturated carbocycles. The Morgan fingerprint density at radius 3 is 2.43 bits per heavy atom. The van der Waals surface area contributed by atoms with Crippen LogP contribution in [0.1, 0.15) is 31.9 Å². The molecule has 1 aromatic rings. The van der Waals surface area contributed by atoms with Gasteiger partial charge in [0.1, 0.15) is 12.4 Å². The lowest BCUT2D eigenvalue weighted by atomic mass is 9.85. The van der Waals surface area contributed by atoms with E-state index in [0.29, 0.717) is 0 Å². The van der Waals surface area contributed by atoms with E-state index in [1.54, 1.807) is 12.1 Å². The van der Waals surface area contributed by atoms with Gasteiger partial charge in [0, 0.05) is 0 Å². The monoisotopic (exact) mass is 196 g/mol. The van der Waals surface area contributed by atoms with Gasteiger partial charge in [-0.15, -0.1) is 0 Å². The standard InChI is InChI=1S/C11H16O3/c1-11(2,3)9-6-8(7-14-13)4-5-10(9)12/h4-6,12-13H,7H2,1-3H3. The van der Waals surface area contributed by atoms with E-state index >= 15 is 0 Å². The van der Waals surface area contributed by atoms with Gasteiger partial charge in [-0.25, -0.2) is 4.89 Å². The van der Waals surface area contributed by atoms with Crippen LogP contribution in [0.3, 0.4) is 0 Å². The van der Waals surface area contributed by atoms with Crippen LogP contribution in [0, 0.1) is 0 Å². The zero-order chi connectivity index (χ0) is 10.8. The molecule has 0 bridgehead atoms. The highest BCUT2D eigenvalue weighted by Crippen LogP contribution is 2.31. The summed E-state index contributed by atoms with van der Waals surface area (Å²) >= 11 is 0. The summed E-state index contributed by atoms with van der Waals surface area (Å²) in [6, 6.07) is 5.18. The third-order valence-electron chi connectivity index (χ3n) is 2.10. The molecule has 2 N–H and O–H groups in total. The van der Waals surface area contributed by atoms with Gasteiger partial charge in [-0.1, -0.05) is 26.8 Å². The van der Waals surface area contributed by atoms with Gasteiger partial charge in [0.15, 0.2) is 0 Å². The lowest BCUT2D eigenvalue weighted by molar-refractivity contribution is -0.253. The summed E-state index contributed by atoms with van der Waals surface area (Å²) in [5, 5.41) is 18.0. The summed E-state index contributed by atoms with van der Waals surface area (Å²) in [5.41, 5.74) is 1.58. The molecule has 0 atom stereocenters. The molecule has 0 aliphatic rings. The van der Waals surface area contributed by atoms with Crippen molar-refractivity contribution in [1.82, 2.24) is 0 Å². The quantitative estimate of drug-likeness (QED) is 0.564. The first-order valence-electron chi connectivity index (χ1n) is 4.54. The minimum atomic E-state index is -0.116. The van der Waals surface area contributed by atoms with Gasteiger partial charge in [0.2, 0.25) is 0 Å². The Kier molecular flexibility index (Phi) is 3.13. The Morgan fingerprint density at radius 1 is 1.29 bits per heavy atom. The fourth-order valence-electron chi connectivity index (χ4n) is 1.35. The van der Waals surface area contributed by atoms with Crippen LogP contribution >= 0.6 is 0 Å². The van der Waals surface area contributed by atoms with Crippen molar-refractivity contribution in [3.8, 4) is 5.75 Å². The third kappa shape index (κ3) is 2.47. The van der Waals surface area contributed by atoms with Crippen molar-refractivity contribution >= 4 is 0 Å². The van der Waals surface area contributed by atoms with Crippen molar-refractivity contribution in [2.24, 2.45) is 0 Å². The summed E-state index contributed by atoms with van der Waals surface area (Å²) in [6.45, 7) is 6.20. The molecule has 0 aliphatic carbocycles. The predicted molar refractivity (Wildman–Crippen MR) is 54.2 cm³/mol. The zero-order valence-electron chi connectivity index (χ0n) is 8.74. The summed E-state index contributed by atoms with van der Waals surface area (Å²) < 4.78 is 0. The van der Waals surface area contributed by atoms with Crippen molar-refractivity contribution in [3.63, 3.8) is 0 Å². The second kappa shape index (κ2) is 3.98. The maximum absolute atomic E-state index is 9.64. The van der Waals surface area contributed by atoms with E-state index in [0.717, 1.165) is 11.1 Å². The number of rotatable bonds is 2. The van der Waals surface area contributed by atoms with Crippen molar-refractivity contribution in [2.75, 3.05) is 0 Å². The van der Waals surface area contributed by atoms with Crippen molar-refractivity contribution < 1.29 is 15.3 Å². The molecule has 0 saturated heterocycles. The summed E-state index contributed by atoms with van der Waals surface area (Å²) in [5.74, 6) is 0.277. The van der Waals surface area contributed by atoms with Crippen LogP contribution in [0.15, 0.2) is 18.2 Å². The highest BCUT2D eigenvalue weighted by molar-refractivity contribution is 5.40. The molecule has 0 unspecified atom stereocenters. The zero-order valence-corrected chi connectivity index (χ0v) is 8.74. The summed E-state index contributed by atoms with van der Waals surface area (Å²) in [6.07, 6.45) is 0. The smallest absolute Gasteiger partial charge is 0.119 e. The number of aromatic hydroxyl groups is 1. The minimum Gasteiger partial charge on any atom is -0.508 e. The number of hydrogen-bond acceptors (Lipinski definition) is 3. The van der Waals surface area contributed by atoms with E-state index in [9.17, 15) is 5.11 Å². The van der Waals surface area contributed by atoms with Gasteiger partial charge in [0.25, 0.3) is 0 Å². The van der Waals surface area contributed by atoms with E-state index in [2.05, 4.69) is 4.89 Å². The molecule has 0 amide bonds. The first-order valence-corrected chi connectivity index (χ1v) is 4.54. The van der Waals surface area contributed by atoms with Gasteiger partial charge in [-0.3, -0.25) is 5.26 Å². The molecule has 1 aromatic carbocycles. The first kappa shape index (κ1) is 11.0. The molecular weight excluding hydrogens is 180 g/mol.